The molecule has 30 heavy (non-hydrogen) atoms. The average Bonchev–Trinajstić information content (AvgIpc) is 3.09. The van der Waals surface area contributed by atoms with Crippen LogP contribution in [0.1, 0.15) is 31.4 Å². The lowest BCUT2D eigenvalue weighted by atomic mass is 9.96. The second-order valence-corrected chi connectivity index (χ2v) is 7.39. The van der Waals surface area contributed by atoms with E-state index in [1.165, 1.54) is 4.90 Å². The monoisotopic (exact) mass is 412 g/mol. The molecule has 0 spiro atoms. The summed E-state index contributed by atoms with van der Waals surface area (Å²) in [7, 11) is 0. The lowest BCUT2D eigenvalue weighted by Gasteiger charge is -2.27. The highest BCUT2D eigenvalue weighted by molar-refractivity contribution is 5.97. The maximum atomic E-state index is 13.1. The zero-order chi connectivity index (χ0) is 21.7. The highest BCUT2D eigenvalue weighted by Gasteiger charge is 2.38. The van der Waals surface area contributed by atoms with Gasteiger partial charge in [-0.05, 0) is 24.1 Å². The van der Waals surface area contributed by atoms with E-state index in [0.717, 1.165) is 11.1 Å². The fourth-order valence-corrected chi connectivity index (χ4v) is 3.57. The van der Waals surface area contributed by atoms with Gasteiger partial charge in [-0.3, -0.25) is 19.5 Å². The molecule has 0 saturated carbocycles. The number of carboxylic acid groups (broad SMARTS) is 1. The number of nitrogens with zero attached hydrogens (tertiary/aromatic N) is 2. The molecule has 1 amide bonds. The molecule has 2 aromatic rings. The number of hydrogen-bond acceptors (Lipinski definition) is 6. The molecule has 8 nitrogen and oxygen atoms in total. The number of para-hydroxylation sites is 1. The van der Waals surface area contributed by atoms with Crippen LogP contribution >= 0.6 is 0 Å². The molecule has 8 heteroatoms. The van der Waals surface area contributed by atoms with Crippen molar-refractivity contribution in [1.82, 2.24) is 4.98 Å². The molecule has 0 radical (unpaired) electrons. The van der Waals surface area contributed by atoms with Gasteiger partial charge in [-0.15, -0.1) is 0 Å². The van der Waals surface area contributed by atoms with E-state index in [0.29, 0.717) is 12.1 Å². The Morgan fingerprint density at radius 3 is 2.63 bits per heavy atom. The third-order valence-electron chi connectivity index (χ3n) is 5.04. The van der Waals surface area contributed by atoms with Crippen molar-refractivity contribution in [3.8, 4) is 0 Å². The number of hydrogen-bond donors (Lipinski definition) is 1. The fraction of sp³-hybridized carbons (Fsp3) is 0.364. The summed E-state index contributed by atoms with van der Waals surface area (Å²) in [6, 6.07) is 10.8. The van der Waals surface area contributed by atoms with Crippen molar-refractivity contribution in [3.05, 3.63) is 59.9 Å². The van der Waals surface area contributed by atoms with E-state index in [9.17, 15) is 14.4 Å². The van der Waals surface area contributed by atoms with Gasteiger partial charge in [0.05, 0.1) is 11.6 Å². The maximum Gasteiger partial charge on any atom is 0.507 e. The Balaban J connectivity index is 1.63. The molecule has 3 atom stereocenters. The number of carbonyl (C=O) groups excluding carboxylic acids is 2. The number of ether oxygens (including phenoxy) is 2. The molecule has 0 unspecified atom stereocenters. The SMILES string of the molecule is C[C@H](C[C@@H](C)C(=O)N1c2ccccc2C[C@@H]1OC(=O)O)C(=O)OCc1cccnc1. The minimum absolute atomic E-state index is 0.118. The van der Waals surface area contributed by atoms with Crippen LogP contribution in [0.5, 0.6) is 0 Å². The standard InChI is InChI=1S/C22H24N2O6/c1-14(10-15(2)21(26)29-13-16-6-5-9-23-12-16)20(25)24-18-8-4-3-7-17(18)11-19(24)30-22(27)28/h3-9,12,14-15,19H,10-11,13H2,1-2H3,(H,27,28)/t14-,15-,19+/m1/s1. The van der Waals surface area contributed by atoms with Crippen molar-refractivity contribution in [3.63, 3.8) is 0 Å². The number of fused-ring (bicyclic) bond motifs is 1. The first-order chi connectivity index (χ1) is 14.4. The van der Waals surface area contributed by atoms with Crippen LogP contribution in [0.4, 0.5) is 10.5 Å². The molecule has 1 aliphatic heterocycles. The summed E-state index contributed by atoms with van der Waals surface area (Å²) in [6.07, 6.45) is 1.47. The summed E-state index contributed by atoms with van der Waals surface area (Å²) >= 11 is 0. The van der Waals surface area contributed by atoms with Gasteiger partial charge in [-0.25, -0.2) is 4.79 Å². The summed E-state index contributed by atoms with van der Waals surface area (Å²) in [5, 5.41) is 9.04. The van der Waals surface area contributed by atoms with Gasteiger partial charge < -0.3 is 14.6 Å². The molecule has 0 fully saturated rings. The Morgan fingerprint density at radius 1 is 1.17 bits per heavy atom. The Morgan fingerprint density at radius 2 is 1.93 bits per heavy atom. The first kappa shape index (κ1) is 21.3. The number of pyridine rings is 1. The number of benzene rings is 1. The van der Waals surface area contributed by atoms with Crippen LogP contribution in [0.25, 0.3) is 0 Å². The summed E-state index contributed by atoms with van der Waals surface area (Å²) in [5.41, 5.74) is 2.25. The second-order valence-electron chi connectivity index (χ2n) is 7.39. The fourth-order valence-electron chi connectivity index (χ4n) is 3.57. The number of aromatic nitrogens is 1. The van der Waals surface area contributed by atoms with Crippen molar-refractivity contribution in [1.29, 1.82) is 0 Å². The van der Waals surface area contributed by atoms with Crippen molar-refractivity contribution < 1.29 is 29.0 Å². The lowest BCUT2D eigenvalue weighted by molar-refractivity contribution is -0.150. The van der Waals surface area contributed by atoms with E-state index in [2.05, 4.69) is 4.98 Å². The van der Waals surface area contributed by atoms with Gasteiger partial charge in [0.25, 0.3) is 0 Å². The summed E-state index contributed by atoms with van der Waals surface area (Å²) in [5.74, 6) is -1.73. The molecule has 3 rings (SSSR count). The molecule has 0 saturated heterocycles. The van der Waals surface area contributed by atoms with Crippen LogP contribution in [-0.2, 0) is 32.1 Å². The Labute approximate surface area is 174 Å². The predicted molar refractivity (Wildman–Crippen MR) is 108 cm³/mol. The zero-order valence-electron chi connectivity index (χ0n) is 16.9. The minimum atomic E-state index is -1.44. The molecule has 1 aromatic carbocycles. The smallest absolute Gasteiger partial charge is 0.461 e. The van der Waals surface area contributed by atoms with Gasteiger partial charge in [0.2, 0.25) is 5.91 Å². The van der Waals surface area contributed by atoms with Crippen molar-refractivity contribution in [2.45, 2.75) is 39.5 Å². The normalized spacial score (nSPS) is 17.0. The predicted octanol–water partition coefficient (Wildman–Crippen LogP) is 3.40. The average molecular weight is 412 g/mol. The number of carbonyl (C=O) groups is 3. The van der Waals surface area contributed by atoms with E-state index in [1.54, 1.807) is 44.4 Å². The van der Waals surface area contributed by atoms with Crippen molar-refractivity contribution in [2.75, 3.05) is 4.90 Å². The van der Waals surface area contributed by atoms with Gasteiger partial charge in [0.1, 0.15) is 6.61 Å². The zero-order valence-corrected chi connectivity index (χ0v) is 16.9. The number of anilines is 1. The maximum absolute atomic E-state index is 13.1. The van der Waals surface area contributed by atoms with E-state index >= 15 is 0 Å². The summed E-state index contributed by atoms with van der Waals surface area (Å²) < 4.78 is 10.3. The van der Waals surface area contributed by atoms with Crippen molar-refractivity contribution >= 4 is 23.7 Å². The van der Waals surface area contributed by atoms with Crippen LogP contribution in [0.2, 0.25) is 0 Å². The number of amides is 1. The topological polar surface area (TPSA) is 106 Å². The van der Waals surface area contributed by atoms with E-state index < -0.39 is 30.2 Å². The third-order valence-corrected chi connectivity index (χ3v) is 5.04. The number of esters is 1. The Kier molecular flexibility index (Phi) is 6.66. The minimum Gasteiger partial charge on any atom is -0.461 e. The Bertz CT molecular complexity index is 917. The quantitative estimate of drug-likeness (QED) is 0.695. The largest absolute Gasteiger partial charge is 0.507 e. The van der Waals surface area contributed by atoms with E-state index in [4.69, 9.17) is 14.6 Å². The Hall–Kier alpha value is -3.42. The van der Waals surface area contributed by atoms with Gasteiger partial charge in [0, 0.05) is 30.3 Å². The molecular weight excluding hydrogens is 388 g/mol. The first-order valence-corrected chi connectivity index (χ1v) is 9.73. The van der Waals surface area contributed by atoms with Gasteiger partial charge in [-0.2, -0.15) is 0 Å². The van der Waals surface area contributed by atoms with E-state index in [-0.39, 0.29) is 18.9 Å². The third kappa shape index (κ3) is 4.94. The molecule has 2 heterocycles. The van der Waals surface area contributed by atoms with Crippen molar-refractivity contribution in [2.24, 2.45) is 11.8 Å². The highest BCUT2D eigenvalue weighted by Crippen LogP contribution is 2.34. The molecule has 1 aliphatic rings. The molecule has 0 bridgehead atoms. The van der Waals surface area contributed by atoms with Gasteiger partial charge >= 0.3 is 12.1 Å². The molecular formula is C22H24N2O6. The molecule has 1 N–H and O–H groups in total. The van der Waals surface area contributed by atoms with Crippen LogP contribution in [0.15, 0.2) is 48.8 Å². The summed E-state index contributed by atoms with van der Waals surface area (Å²) in [4.78, 5) is 41.9. The van der Waals surface area contributed by atoms with E-state index in [1.807, 2.05) is 18.2 Å². The molecule has 1 aromatic heterocycles. The van der Waals surface area contributed by atoms with Crippen LogP contribution < -0.4 is 4.90 Å². The molecule has 158 valence electrons. The molecule has 0 aliphatic carbocycles. The van der Waals surface area contributed by atoms with Crippen LogP contribution in [-0.4, -0.2) is 34.4 Å². The van der Waals surface area contributed by atoms with Crippen LogP contribution in [0, 0.1) is 11.8 Å². The number of rotatable bonds is 7. The van der Waals surface area contributed by atoms with Crippen LogP contribution in [0.3, 0.4) is 0 Å². The lowest BCUT2D eigenvalue weighted by Crippen LogP contribution is -2.43. The summed E-state index contributed by atoms with van der Waals surface area (Å²) in [6.45, 7) is 3.54. The van der Waals surface area contributed by atoms with Gasteiger partial charge in [0.15, 0.2) is 6.23 Å². The van der Waals surface area contributed by atoms with Gasteiger partial charge in [-0.1, -0.05) is 38.1 Å². The highest BCUT2D eigenvalue weighted by atomic mass is 16.7. The first-order valence-electron chi connectivity index (χ1n) is 9.73. The second kappa shape index (κ2) is 9.39.